The minimum Gasteiger partial charge on any atom is -0.321 e. The Kier molecular flexibility index (Phi) is 7.05. The number of halogens is 2. The number of benzene rings is 3. The van der Waals surface area contributed by atoms with Gasteiger partial charge >= 0.3 is 0 Å². The molecule has 0 radical (unpaired) electrons. The topological polar surface area (TPSA) is 73.2 Å². The first kappa shape index (κ1) is 22.9. The van der Waals surface area contributed by atoms with Gasteiger partial charge in [-0.3, -0.25) is 14.5 Å². The number of amides is 2. The van der Waals surface area contributed by atoms with Gasteiger partial charge in [-0.1, -0.05) is 83.5 Å². The number of nitrogens with one attached hydrogen (secondary N) is 1. The number of hydrogen-bond acceptors (Lipinski definition) is 4. The van der Waals surface area contributed by atoms with E-state index < -0.39 is 11.2 Å². The van der Waals surface area contributed by atoms with Gasteiger partial charge in [0.25, 0.3) is 5.91 Å². The molecule has 8 heteroatoms. The molecule has 1 N–H and O–H groups in total. The number of para-hydroxylation sites is 1. The van der Waals surface area contributed by atoms with Crippen LogP contribution in [0.2, 0.25) is 10.0 Å². The lowest BCUT2D eigenvalue weighted by atomic mass is 10.1. The van der Waals surface area contributed by atoms with Gasteiger partial charge in [0.05, 0.1) is 15.3 Å². The van der Waals surface area contributed by atoms with Crippen LogP contribution in [0.5, 0.6) is 0 Å². The van der Waals surface area contributed by atoms with E-state index in [1.54, 1.807) is 36.4 Å². The van der Waals surface area contributed by atoms with Crippen molar-refractivity contribution in [2.75, 3.05) is 10.2 Å². The lowest BCUT2D eigenvalue weighted by Crippen LogP contribution is -2.30. The van der Waals surface area contributed by atoms with Crippen LogP contribution in [-0.4, -0.2) is 17.1 Å². The molecule has 4 rings (SSSR count). The Bertz CT molecular complexity index is 1270. The van der Waals surface area contributed by atoms with E-state index in [0.717, 1.165) is 5.56 Å². The second-order valence-electron chi connectivity index (χ2n) is 7.18. The van der Waals surface area contributed by atoms with Crippen molar-refractivity contribution in [2.45, 2.75) is 11.7 Å². The summed E-state index contributed by atoms with van der Waals surface area (Å²) in [6.07, 6.45) is 0.476. The highest BCUT2D eigenvalue weighted by Crippen LogP contribution is 2.42. The standard InChI is InChI=1S/C25H17Cl2N3O2S/c26-20-12-11-17(14-21(20)27)29-23(31)19(15-28)25-30(18-9-5-2-6-10-18)24(32)22(33-25)13-16-7-3-1-4-8-16/h1-12,14,22H,13H2,(H,29,31)/b25-19-/t22-/m1/s1. The van der Waals surface area contributed by atoms with Crippen molar-refractivity contribution in [3.63, 3.8) is 0 Å². The maximum absolute atomic E-state index is 13.4. The third kappa shape index (κ3) is 5.07. The van der Waals surface area contributed by atoms with E-state index in [9.17, 15) is 14.9 Å². The third-order valence-corrected chi connectivity index (χ3v) is 6.96. The molecule has 1 fully saturated rings. The molecular formula is C25H17Cl2N3O2S. The minimum absolute atomic E-state index is 0.154. The van der Waals surface area contributed by atoms with Gasteiger partial charge in [-0.15, -0.1) is 0 Å². The van der Waals surface area contributed by atoms with Crippen molar-refractivity contribution in [1.82, 2.24) is 0 Å². The summed E-state index contributed by atoms with van der Waals surface area (Å²) in [4.78, 5) is 27.9. The van der Waals surface area contributed by atoms with E-state index in [1.165, 1.54) is 22.7 Å². The molecule has 0 bridgehead atoms. The van der Waals surface area contributed by atoms with E-state index in [1.807, 2.05) is 42.5 Å². The van der Waals surface area contributed by atoms with Gasteiger partial charge in [0, 0.05) is 11.4 Å². The minimum atomic E-state index is -0.632. The van der Waals surface area contributed by atoms with Crippen LogP contribution in [0, 0.1) is 11.3 Å². The first-order valence-corrected chi connectivity index (χ1v) is 11.6. The van der Waals surface area contributed by atoms with Crippen molar-refractivity contribution in [3.05, 3.63) is 105 Å². The Balaban J connectivity index is 1.71. The van der Waals surface area contributed by atoms with Crippen LogP contribution in [-0.2, 0) is 16.0 Å². The number of anilines is 2. The van der Waals surface area contributed by atoms with Crippen LogP contribution in [0.3, 0.4) is 0 Å². The van der Waals surface area contributed by atoms with Crippen molar-refractivity contribution in [2.24, 2.45) is 0 Å². The molecule has 3 aromatic carbocycles. The van der Waals surface area contributed by atoms with Gasteiger partial charge in [0.1, 0.15) is 16.7 Å². The van der Waals surface area contributed by atoms with Gasteiger partial charge < -0.3 is 5.32 Å². The third-order valence-electron chi connectivity index (χ3n) is 4.96. The van der Waals surface area contributed by atoms with Crippen LogP contribution in [0.15, 0.2) is 89.5 Å². The van der Waals surface area contributed by atoms with Gasteiger partial charge in [-0.2, -0.15) is 5.26 Å². The summed E-state index contributed by atoms with van der Waals surface area (Å²) in [5, 5.41) is 13.0. The average molecular weight is 494 g/mol. The highest BCUT2D eigenvalue weighted by atomic mass is 35.5. The fourth-order valence-electron chi connectivity index (χ4n) is 3.39. The summed E-state index contributed by atoms with van der Waals surface area (Å²) in [5.41, 5.74) is 1.83. The number of carbonyl (C=O) groups is 2. The fraction of sp³-hybridized carbons (Fsp3) is 0.0800. The molecule has 0 unspecified atom stereocenters. The maximum atomic E-state index is 13.4. The first-order chi connectivity index (χ1) is 16.0. The monoisotopic (exact) mass is 493 g/mol. The number of hydrogen-bond donors (Lipinski definition) is 1. The smallest absolute Gasteiger partial charge is 0.269 e. The zero-order valence-electron chi connectivity index (χ0n) is 17.2. The molecule has 1 aliphatic rings. The van der Waals surface area contributed by atoms with Gasteiger partial charge in [-0.05, 0) is 42.3 Å². The van der Waals surface area contributed by atoms with Crippen LogP contribution < -0.4 is 10.2 Å². The van der Waals surface area contributed by atoms with E-state index in [0.29, 0.717) is 27.8 Å². The average Bonchev–Trinajstić information content (AvgIpc) is 3.13. The van der Waals surface area contributed by atoms with Crippen LogP contribution in [0.4, 0.5) is 11.4 Å². The Hall–Kier alpha value is -3.24. The molecule has 1 heterocycles. The fourth-order valence-corrected chi connectivity index (χ4v) is 5.00. The van der Waals surface area contributed by atoms with Crippen molar-refractivity contribution in [1.29, 1.82) is 5.26 Å². The lowest BCUT2D eigenvalue weighted by molar-refractivity contribution is -0.117. The molecule has 5 nitrogen and oxygen atoms in total. The Morgan fingerprint density at radius 2 is 1.67 bits per heavy atom. The summed E-state index contributed by atoms with van der Waals surface area (Å²) in [5.74, 6) is -0.812. The summed E-state index contributed by atoms with van der Waals surface area (Å²) in [6.45, 7) is 0. The largest absolute Gasteiger partial charge is 0.321 e. The molecule has 0 spiro atoms. The second kappa shape index (κ2) is 10.1. The highest BCUT2D eigenvalue weighted by Gasteiger charge is 2.40. The van der Waals surface area contributed by atoms with Gasteiger partial charge in [0.2, 0.25) is 5.91 Å². The molecule has 1 saturated heterocycles. The Labute approximate surface area is 205 Å². The van der Waals surface area contributed by atoms with Crippen molar-refractivity contribution >= 4 is 58.2 Å². The van der Waals surface area contributed by atoms with E-state index >= 15 is 0 Å². The molecule has 0 saturated carbocycles. The summed E-state index contributed by atoms with van der Waals surface area (Å²) >= 11 is 13.2. The predicted molar refractivity (Wildman–Crippen MR) is 133 cm³/mol. The summed E-state index contributed by atoms with van der Waals surface area (Å²) in [7, 11) is 0. The molecule has 1 atom stereocenters. The summed E-state index contributed by atoms with van der Waals surface area (Å²) in [6, 6.07) is 25.3. The number of nitrogens with zero attached hydrogens (tertiary/aromatic N) is 2. The second-order valence-corrected chi connectivity index (χ2v) is 9.19. The summed E-state index contributed by atoms with van der Waals surface area (Å²) < 4.78 is 0. The SMILES string of the molecule is N#C/C(C(=O)Nc1ccc(Cl)c(Cl)c1)=C1/S[C@H](Cc2ccccc2)C(=O)N1c1ccccc1. The quantitative estimate of drug-likeness (QED) is 0.346. The predicted octanol–water partition coefficient (Wildman–Crippen LogP) is 6.06. The number of nitriles is 1. The van der Waals surface area contributed by atoms with Crippen LogP contribution >= 0.6 is 35.0 Å². The molecule has 164 valence electrons. The van der Waals surface area contributed by atoms with Crippen molar-refractivity contribution in [3.8, 4) is 6.07 Å². The maximum Gasteiger partial charge on any atom is 0.269 e. The zero-order chi connectivity index (χ0) is 23.4. The molecule has 3 aromatic rings. The number of carbonyl (C=O) groups excluding carboxylic acids is 2. The Morgan fingerprint density at radius 1 is 1.00 bits per heavy atom. The molecule has 1 aliphatic heterocycles. The molecule has 0 aliphatic carbocycles. The molecule has 0 aromatic heterocycles. The van der Waals surface area contributed by atoms with Crippen LogP contribution in [0.1, 0.15) is 5.56 Å². The molecule has 2 amide bonds. The van der Waals surface area contributed by atoms with Gasteiger partial charge in [0.15, 0.2) is 0 Å². The number of rotatable bonds is 5. The number of thioether (sulfide) groups is 1. The first-order valence-electron chi connectivity index (χ1n) is 9.98. The molecule has 33 heavy (non-hydrogen) atoms. The van der Waals surface area contributed by atoms with Gasteiger partial charge in [-0.25, -0.2) is 0 Å². The lowest BCUT2D eigenvalue weighted by Gasteiger charge is -2.18. The van der Waals surface area contributed by atoms with E-state index in [4.69, 9.17) is 23.2 Å². The van der Waals surface area contributed by atoms with Crippen LogP contribution in [0.25, 0.3) is 0 Å². The highest BCUT2D eigenvalue weighted by molar-refractivity contribution is 8.05. The zero-order valence-corrected chi connectivity index (χ0v) is 19.5. The normalized spacial score (nSPS) is 16.9. The van der Waals surface area contributed by atoms with Crippen molar-refractivity contribution < 1.29 is 9.59 Å². The Morgan fingerprint density at radius 3 is 2.30 bits per heavy atom. The van der Waals surface area contributed by atoms with E-state index in [-0.39, 0.29) is 16.5 Å². The molecular weight excluding hydrogens is 477 g/mol. The van der Waals surface area contributed by atoms with E-state index in [2.05, 4.69) is 5.32 Å².